The Morgan fingerprint density at radius 1 is 1.08 bits per heavy atom. The largest absolute Gasteiger partial charge is 0.352 e. The van der Waals surface area contributed by atoms with Crippen LogP contribution in [0.25, 0.3) is 10.1 Å². The van der Waals surface area contributed by atoms with Gasteiger partial charge in [-0.25, -0.2) is 18.1 Å². The van der Waals surface area contributed by atoms with Crippen molar-refractivity contribution in [2.45, 2.75) is 12.5 Å². The fourth-order valence-corrected chi connectivity index (χ4v) is 6.56. The Bertz CT molecular complexity index is 1640. The molecule has 0 saturated carbocycles. The molecule has 0 aliphatic rings. The normalized spacial score (nSPS) is 12.9. The molecule has 2 aromatic carbocycles. The van der Waals surface area contributed by atoms with Gasteiger partial charge in [0, 0.05) is 27.5 Å². The van der Waals surface area contributed by atoms with Gasteiger partial charge < -0.3 is 10.6 Å². The van der Waals surface area contributed by atoms with Crippen molar-refractivity contribution in [2.24, 2.45) is 0 Å². The van der Waals surface area contributed by atoms with Crippen LogP contribution in [-0.2, 0) is 15.6 Å². The number of hydrogen-bond donors (Lipinski definition) is 4. The van der Waals surface area contributed by atoms with Crippen LogP contribution in [0.2, 0.25) is 5.02 Å². The number of nitrogens with one attached hydrogen (secondary N) is 4. The van der Waals surface area contributed by atoms with Crippen molar-refractivity contribution in [3.63, 3.8) is 0 Å². The number of benzene rings is 2. The average Bonchev–Trinajstić information content (AvgIpc) is 3.33. The zero-order chi connectivity index (χ0) is 28.2. The summed E-state index contributed by atoms with van der Waals surface area (Å²) in [6, 6.07) is 17.0. The maximum absolute atomic E-state index is 12.7. The number of fused-ring (bicyclic) bond motifs is 1. The number of amides is 2. The molecular formula is C26H24ClN5O4S3. The van der Waals surface area contributed by atoms with Gasteiger partial charge in [-0.3, -0.25) is 14.9 Å². The molecule has 4 aromatic rings. The van der Waals surface area contributed by atoms with Crippen molar-refractivity contribution in [1.82, 2.24) is 20.3 Å². The molecule has 2 aromatic heterocycles. The molecule has 9 nitrogen and oxygen atoms in total. The number of carbonyl (C=O) groups excluding carboxylic acids is 2. The molecule has 0 aliphatic heterocycles. The van der Waals surface area contributed by atoms with E-state index in [2.05, 4.69) is 25.7 Å². The molecule has 0 spiro atoms. The number of carbonyl (C=O) groups is 2. The van der Waals surface area contributed by atoms with Gasteiger partial charge in [0.1, 0.15) is 5.69 Å². The summed E-state index contributed by atoms with van der Waals surface area (Å²) in [5.41, 5.74) is 0.460. The maximum atomic E-state index is 12.7. The summed E-state index contributed by atoms with van der Waals surface area (Å²) in [6.07, 6.45) is 1.38. The number of thiophene rings is 1. The zero-order valence-electron chi connectivity index (χ0n) is 20.8. The van der Waals surface area contributed by atoms with E-state index >= 15 is 0 Å². The predicted octanol–water partition coefficient (Wildman–Crippen LogP) is 4.27. The van der Waals surface area contributed by atoms with Gasteiger partial charge in [-0.05, 0) is 79.6 Å². The fraction of sp³-hybridized carbons (Fsp3) is 0.154. The highest BCUT2D eigenvalue weighted by Crippen LogP contribution is 2.36. The van der Waals surface area contributed by atoms with Crippen LogP contribution in [0.4, 0.5) is 5.69 Å². The molecule has 0 fully saturated rings. The van der Waals surface area contributed by atoms with Gasteiger partial charge in [-0.2, -0.15) is 0 Å². The van der Waals surface area contributed by atoms with E-state index in [9.17, 15) is 18.0 Å². The van der Waals surface area contributed by atoms with Gasteiger partial charge in [0.2, 0.25) is 10.0 Å². The summed E-state index contributed by atoms with van der Waals surface area (Å²) >= 11 is 12.7. The topological polar surface area (TPSA) is 129 Å². The quantitative estimate of drug-likeness (QED) is 0.222. The van der Waals surface area contributed by atoms with E-state index in [-0.39, 0.29) is 16.6 Å². The molecule has 0 bridgehead atoms. The van der Waals surface area contributed by atoms with E-state index in [1.807, 2.05) is 11.4 Å². The number of aromatic nitrogens is 1. The highest BCUT2D eigenvalue weighted by molar-refractivity contribution is 7.89. The van der Waals surface area contributed by atoms with Gasteiger partial charge in [0.05, 0.1) is 16.3 Å². The van der Waals surface area contributed by atoms with Crippen LogP contribution in [-0.4, -0.2) is 43.1 Å². The van der Waals surface area contributed by atoms with Gasteiger partial charge in [0.25, 0.3) is 11.8 Å². The Labute approximate surface area is 240 Å². The summed E-state index contributed by atoms with van der Waals surface area (Å²) in [4.78, 5) is 29.4. The Kier molecular flexibility index (Phi) is 8.62. The number of thiocarbonyl (C=S) groups is 1. The van der Waals surface area contributed by atoms with E-state index in [4.69, 9.17) is 23.8 Å². The first-order valence-corrected chi connectivity index (χ1v) is 14.9. The van der Waals surface area contributed by atoms with E-state index in [1.54, 1.807) is 55.5 Å². The third-order valence-electron chi connectivity index (χ3n) is 5.83. The van der Waals surface area contributed by atoms with Crippen LogP contribution in [0.1, 0.15) is 33.3 Å². The van der Waals surface area contributed by atoms with Crippen molar-refractivity contribution >= 4 is 77.9 Å². The molecule has 0 radical (unpaired) electrons. The first-order valence-electron chi connectivity index (χ1n) is 11.5. The molecule has 1 unspecified atom stereocenters. The van der Waals surface area contributed by atoms with Crippen LogP contribution < -0.4 is 20.7 Å². The number of sulfonamides is 1. The summed E-state index contributed by atoms with van der Waals surface area (Å²) in [6.45, 7) is 1.69. The van der Waals surface area contributed by atoms with Gasteiger partial charge in [-0.1, -0.05) is 29.8 Å². The maximum Gasteiger partial charge on any atom is 0.274 e. The molecule has 39 heavy (non-hydrogen) atoms. The lowest BCUT2D eigenvalue weighted by atomic mass is 9.93. The highest BCUT2D eigenvalue weighted by Gasteiger charge is 2.35. The smallest absolute Gasteiger partial charge is 0.274 e. The predicted molar refractivity (Wildman–Crippen MR) is 159 cm³/mol. The monoisotopic (exact) mass is 601 g/mol. The van der Waals surface area contributed by atoms with Crippen LogP contribution >= 0.6 is 35.2 Å². The van der Waals surface area contributed by atoms with E-state index in [0.29, 0.717) is 27.2 Å². The van der Waals surface area contributed by atoms with Crippen LogP contribution in [0.3, 0.4) is 0 Å². The average molecular weight is 602 g/mol. The molecule has 4 N–H and O–H groups in total. The molecule has 2 heterocycles. The van der Waals surface area contributed by atoms with Crippen LogP contribution in [0.15, 0.2) is 72.2 Å². The number of hydrogen-bond acceptors (Lipinski definition) is 7. The molecular weight excluding hydrogens is 578 g/mol. The van der Waals surface area contributed by atoms with E-state index in [1.165, 1.54) is 30.6 Å². The second-order valence-corrected chi connectivity index (χ2v) is 12.4. The lowest BCUT2D eigenvalue weighted by Gasteiger charge is -2.32. The second-order valence-electron chi connectivity index (χ2n) is 8.75. The van der Waals surface area contributed by atoms with Gasteiger partial charge >= 0.3 is 0 Å². The van der Waals surface area contributed by atoms with Crippen molar-refractivity contribution in [1.29, 1.82) is 0 Å². The number of halogens is 1. The number of pyridine rings is 1. The van der Waals surface area contributed by atoms with E-state index in [0.717, 1.165) is 4.70 Å². The lowest BCUT2D eigenvalue weighted by molar-refractivity contribution is 0.0974. The number of anilines is 1. The minimum atomic E-state index is -3.74. The van der Waals surface area contributed by atoms with Crippen LogP contribution in [0.5, 0.6) is 0 Å². The number of rotatable bonds is 8. The van der Waals surface area contributed by atoms with Crippen molar-refractivity contribution < 1.29 is 18.0 Å². The second kappa shape index (κ2) is 11.8. The summed E-state index contributed by atoms with van der Waals surface area (Å²) in [5.74, 6) is -1.23. The molecule has 0 aliphatic carbocycles. The van der Waals surface area contributed by atoms with Gasteiger partial charge in [0.15, 0.2) is 5.11 Å². The molecule has 4 rings (SSSR count). The Morgan fingerprint density at radius 3 is 2.49 bits per heavy atom. The zero-order valence-corrected chi connectivity index (χ0v) is 24.0. The Morgan fingerprint density at radius 2 is 1.82 bits per heavy atom. The third-order valence-corrected chi connectivity index (χ3v) is 8.80. The Hall–Kier alpha value is -3.42. The van der Waals surface area contributed by atoms with Crippen LogP contribution in [0, 0.1) is 0 Å². The van der Waals surface area contributed by atoms with E-state index < -0.39 is 27.4 Å². The summed E-state index contributed by atoms with van der Waals surface area (Å²) < 4.78 is 28.6. The lowest BCUT2D eigenvalue weighted by Crippen LogP contribution is -2.53. The molecule has 0 saturated heterocycles. The fourth-order valence-electron chi connectivity index (χ4n) is 3.92. The van der Waals surface area contributed by atoms with Crippen molar-refractivity contribution in [2.75, 3.05) is 18.1 Å². The van der Waals surface area contributed by atoms with Crippen molar-refractivity contribution in [3.8, 4) is 0 Å². The summed E-state index contributed by atoms with van der Waals surface area (Å²) in [5, 5.41) is 11.4. The SMILES string of the molecule is CNS(=O)(=O)CC(C)(NC(=S)NC(=O)c1ccccc1)c1csc2ccc(NC(=O)c3ccc(Cl)cn3)cc12. The minimum Gasteiger partial charge on any atom is -0.352 e. The third kappa shape index (κ3) is 6.97. The molecule has 1 atom stereocenters. The van der Waals surface area contributed by atoms with Gasteiger partial charge in [-0.15, -0.1) is 11.3 Å². The number of nitrogens with zero attached hydrogens (tertiary/aromatic N) is 1. The highest BCUT2D eigenvalue weighted by atomic mass is 35.5. The standard InChI is InChI=1S/C26H24ClN5O4S3/c1-26(15-39(35,36)28-2,32-25(37)31-23(33)16-6-4-3-5-7-16)20-14-38-22-11-9-18(12-19(20)22)30-24(34)21-10-8-17(27)13-29-21/h3-14,28H,15H2,1-2H3,(H,30,34)(H2,31,32,33,37). The first-order chi connectivity index (χ1) is 18.5. The first kappa shape index (κ1) is 28.6. The minimum absolute atomic E-state index is 0.0322. The Balaban J connectivity index is 1.65. The molecule has 2 amide bonds. The molecule has 13 heteroatoms. The molecule has 202 valence electrons. The van der Waals surface area contributed by atoms with Crippen molar-refractivity contribution in [3.05, 3.63) is 94.1 Å². The summed E-state index contributed by atoms with van der Waals surface area (Å²) in [7, 11) is -2.41.